The molecule has 0 bridgehead atoms. The summed E-state index contributed by atoms with van der Waals surface area (Å²) in [5, 5.41) is 9.44. The number of halogens is 1. The topological polar surface area (TPSA) is 80.7 Å². The lowest BCUT2D eigenvalue weighted by Crippen LogP contribution is -2.19. The highest BCUT2D eigenvalue weighted by Gasteiger charge is 2.21. The SMILES string of the molecule is COC(=O)C(=O)CC(=O)c1cc(Br)ccc1O. The molecule has 0 aromatic heterocycles. The van der Waals surface area contributed by atoms with Crippen molar-refractivity contribution in [1.29, 1.82) is 0 Å². The molecule has 17 heavy (non-hydrogen) atoms. The Labute approximate surface area is 106 Å². The van der Waals surface area contributed by atoms with Gasteiger partial charge in [0.2, 0.25) is 5.78 Å². The molecule has 6 heteroatoms. The van der Waals surface area contributed by atoms with E-state index in [1.165, 1.54) is 12.1 Å². The van der Waals surface area contributed by atoms with Crippen LogP contribution in [0.4, 0.5) is 0 Å². The Balaban J connectivity index is 2.87. The molecule has 0 fully saturated rings. The molecule has 0 unspecified atom stereocenters. The van der Waals surface area contributed by atoms with Gasteiger partial charge in [-0.1, -0.05) is 15.9 Å². The molecule has 0 aliphatic rings. The van der Waals surface area contributed by atoms with E-state index < -0.39 is 24.0 Å². The highest BCUT2D eigenvalue weighted by molar-refractivity contribution is 9.10. The van der Waals surface area contributed by atoms with Gasteiger partial charge in [0, 0.05) is 4.47 Å². The molecule has 5 nitrogen and oxygen atoms in total. The van der Waals surface area contributed by atoms with Crippen LogP contribution in [0.3, 0.4) is 0 Å². The maximum atomic E-state index is 11.6. The Bertz CT molecular complexity index is 481. The molecule has 1 aromatic rings. The van der Waals surface area contributed by atoms with Crippen LogP contribution in [0.25, 0.3) is 0 Å². The molecule has 0 saturated heterocycles. The van der Waals surface area contributed by atoms with E-state index >= 15 is 0 Å². The lowest BCUT2D eigenvalue weighted by molar-refractivity contribution is -0.151. The van der Waals surface area contributed by atoms with Crippen molar-refractivity contribution in [1.82, 2.24) is 0 Å². The van der Waals surface area contributed by atoms with Gasteiger partial charge in [0.25, 0.3) is 0 Å². The lowest BCUT2D eigenvalue weighted by Gasteiger charge is -2.03. The molecule has 0 aliphatic heterocycles. The average Bonchev–Trinajstić information content (AvgIpc) is 2.30. The Morgan fingerprint density at radius 3 is 2.59 bits per heavy atom. The second-order valence-electron chi connectivity index (χ2n) is 3.18. The van der Waals surface area contributed by atoms with Crippen LogP contribution in [0.2, 0.25) is 0 Å². The van der Waals surface area contributed by atoms with Gasteiger partial charge in [0.05, 0.1) is 19.1 Å². The molecule has 0 spiro atoms. The first-order valence-electron chi connectivity index (χ1n) is 4.58. The number of benzene rings is 1. The molecular weight excluding hydrogens is 292 g/mol. The number of hydrogen-bond acceptors (Lipinski definition) is 5. The van der Waals surface area contributed by atoms with Crippen molar-refractivity contribution in [2.24, 2.45) is 0 Å². The van der Waals surface area contributed by atoms with Gasteiger partial charge in [-0.05, 0) is 18.2 Å². The van der Waals surface area contributed by atoms with Gasteiger partial charge >= 0.3 is 5.97 Å². The zero-order chi connectivity index (χ0) is 13.0. The molecule has 1 aromatic carbocycles. The second kappa shape index (κ2) is 5.58. The van der Waals surface area contributed by atoms with E-state index in [1.54, 1.807) is 6.07 Å². The number of esters is 1. The van der Waals surface area contributed by atoms with Crippen LogP contribution in [-0.4, -0.2) is 29.8 Å². The van der Waals surface area contributed by atoms with E-state index in [2.05, 4.69) is 20.7 Å². The summed E-state index contributed by atoms with van der Waals surface area (Å²) in [6.07, 6.45) is -0.628. The van der Waals surface area contributed by atoms with Crippen LogP contribution in [0, 0.1) is 0 Å². The predicted octanol–water partition coefficient (Wildman–Crippen LogP) is 1.47. The number of aromatic hydroxyl groups is 1. The van der Waals surface area contributed by atoms with Gasteiger partial charge in [-0.3, -0.25) is 9.59 Å². The van der Waals surface area contributed by atoms with Gasteiger partial charge in [0.15, 0.2) is 5.78 Å². The Morgan fingerprint density at radius 2 is 2.00 bits per heavy atom. The first-order valence-corrected chi connectivity index (χ1v) is 5.38. The third-order valence-electron chi connectivity index (χ3n) is 1.99. The molecule has 0 heterocycles. The molecular formula is C11H9BrO5. The zero-order valence-corrected chi connectivity index (χ0v) is 10.5. The van der Waals surface area contributed by atoms with Crippen molar-refractivity contribution in [2.75, 3.05) is 7.11 Å². The molecule has 1 N–H and O–H groups in total. The lowest BCUT2D eigenvalue weighted by atomic mass is 10.1. The molecule has 1 rings (SSSR count). The van der Waals surface area contributed by atoms with Crippen LogP contribution in [0.5, 0.6) is 5.75 Å². The predicted molar refractivity (Wildman–Crippen MR) is 61.8 cm³/mol. The van der Waals surface area contributed by atoms with Crippen LogP contribution in [-0.2, 0) is 14.3 Å². The summed E-state index contributed by atoms with van der Waals surface area (Å²) >= 11 is 3.13. The van der Waals surface area contributed by atoms with Crippen molar-refractivity contribution in [3.05, 3.63) is 28.2 Å². The summed E-state index contributed by atoms with van der Waals surface area (Å²) < 4.78 is 4.78. The van der Waals surface area contributed by atoms with Crippen LogP contribution in [0.15, 0.2) is 22.7 Å². The zero-order valence-electron chi connectivity index (χ0n) is 8.90. The number of phenols is 1. The fraction of sp³-hybridized carbons (Fsp3) is 0.182. The quantitative estimate of drug-likeness (QED) is 0.394. The van der Waals surface area contributed by atoms with Gasteiger partial charge < -0.3 is 9.84 Å². The molecule has 0 aliphatic carbocycles. The molecule has 0 radical (unpaired) electrons. The van der Waals surface area contributed by atoms with Gasteiger partial charge in [0.1, 0.15) is 5.75 Å². The number of phenolic OH excluding ortho intramolecular Hbond substituents is 1. The monoisotopic (exact) mass is 300 g/mol. The highest BCUT2D eigenvalue weighted by atomic mass is 79.9. The van der Waals surface area contributed by atoms with E-state index in [0.29, 0.717) is 4.47 Å². The fourth-order valence-corrected chi connectivity index (χ4v) is 1.52. The summed E-state index contributed by atoms with van der Waals surface area (Å²) in [7, 11) is 1.06. The van der Waals surface area contributed by atoms with Crippen molar-refractivity contribution in [2.45, 2.75) is 6.42 Å². The summed E-state index contributed by atoms with van der Waals surface area (Å²) in [4.78, 5) is 33.6. The summed E-state index contributed by atoms with van der Waals surface area (Å²) in [5.74, 6) is -2.90. The average molecular weight is 301 g/mol. The minimum absolute atomic E-state index is 0.0170. The van der Waals surface area contributed by atoms with E-state index in [0.717, 1.165) is 7.11 Å². The number of Topliss-reactive ketones (excluding diaryl/α,β-unsaturated/α-hetero) is 2. The third kappa shape index (κ3) is 3.39. The second-order valence-corrected chi connectivity index (χ2v) is 4.09. The number of rotatable bonds is 4. The fourth-order valence-electron chi connectivity index (χ4n) is 1.16. The summed E-state index contributed by atoms with van der Waals surface area (Å²) in [6, 6.07) is 4.25. The third-order valence-corrected chi connectivity index (χ3v) is 2.49. The number of methoxy groups -OCH3 is 1. The Kier molecular flexibility index (Phi) is 4.39. The van der Waals surface area contributed by atoms with Crippen LogP contribution in [0.1, 0.15) is 16.8 Å². The maximum absolute atomic E-state index is 11.6. The van der Waals surface area contributed by atoms with Gasteiger partial charge in [-0.15, -0.1) is 0 Å². The molecule has 0 atom stereocenters. The van der Waals surface area contributed by atoms with Gasteiger partial charge in [-0.25, -0.2) is 4.79 Å². The maximum Gasteiger partial charge on any atom is 0.374 e. The van der Waals surface area contributed by atoms with Crippen LogP contribution >= 0.6 is 15.9 Å². The molecule has 90 valence electrons. The smallest absolute Gasteiger partial charge is 0.374 e. The number of hydrogen-bond donors (Lipinski definition) is 1. The first kappa shape index (κ1) is 13.4. The largest absolute Gasteiger partial charge is 0.507 e. The molecule has 0 amide bonds. The highest BCUT2D eigenvalue weighted by Crippen LogP contribution is 2.23. The van der Waals surface area contributed by atoms with Crippen molar-refractivity contribution < 1.29 is 24.2 Å². The summed E-state index contributed by atoms with van der Waals surface area (Å²) in [5.41, 5.74) is -0.0170. The number of carbonyl (C=O) groups is 3. The van der Waals surface area contributed by atoms with Crippen molar-refractivity contribution in [3.8, 4) is 5.75 Å². The van der Waals surface area contributed by atoms with E-state index in [9.17, 15) is 19.5 Å². The van der Waals surface area contributed by atoms with Gasteiger partial charge in [-0.2, -0.15) is 0 Å². The number of ketones is 2. The summed E-state index contributed by atoms with van der Waals surface area (Å²) in [6.45, 7) is 0. The minimum Gasteiger partial charge on any atom is -0.507 e. The van der Waals surface area contributed by atoms with E-state index in [-0.39, 0.29) is 11.3 Å². The first-order chi connectivity index (χ1) is 7.95. The Morgan fingerprint density at radius 1 is 1.35 bits per heavy atom. The normalized spacial score (nSPS) is 9.76. The van der Waals surface area contributed by atoms with E-state index in [4.69, 9.17) is 0 Å². The standard InChI is InChI=1S/C11H9BrO5/c1-17-11(16)10(15)5-9(14)7-4-6(12)2-3-8(7)13/h2-4,13H,5H2,1H3. The van der Waals surface area contributed by atoms with Crippen LogP contribution < -0.4 is 0 Å². The van der Waals surface area contributed by atoms with E-state index in [1.807, 2.05) is 0 Å². The number of carbonyl (C=O) groups excluding carboxylic acids is 3. The minimum atomic E-state index is -1.08. The molecule has 0 saturated carbocycles. The van der Waals surface area contributed by atoms with Crippen molar-refractivity contribution in [3.63, 3.8) is 0 Å². The Hall–Kier alpha value is -1.69. The number of ether oxygens (including phenoxy) is 1. The van der Waals surface area contributed by atoms with Crippen molar-refractivity contribution >= 4 is 33.5 Å².